The molecule has 5 heteroatoms. The minimum absolute atomic E-state index is 0.596. The Morgan fingerprint density at radius 1 is 1.29 bits per heavy atom. The lowest BCUT2D eigenvalue weighted by Crippen LogP contribution is -2.18. The van der Waals surface area contributed by atoms with Crippen molar-refractivity contribution in [2.75, 3.05) is 11.9 Å². The monoisotopic (exact) mass is 294 g/mol. The molecule has 0 amide bonds. The summed E-state index contributed by atoms with van der Waals surface area (Å²) in [6, 6.07) is 10.1. The van der Waals surface area contributed by atoms with Gasteiger partial charge in [-0.3, -0.25) is 4.98 Å². The van der Waals surface area contributed by atoms with Gasteiger partial charge in [-0.25, -0.2) is 4.98 Å². The van der Waals surface area contributed by atoms with Crippen molar-refractivity contribution in [2.24, 2.45) is 0 Å². The topological polar surface area (TPSA) is 52.8 Å². The summed E-state index contributed by atoms with van der Waals surface area (Å²) in [5.74, 6) is 0. The summed E-state index contributed by atoms with van der Waals surface area (Å²) in [7, 11) is 2.00. The van der Waals surface area contributed by atoms with Crippen LogP contribution in [0.15, 0.2) is 36.0 Å². The molecular weight excluding hydrogens is 280 g/mol. The van der Waals surface area contributed by atoms with Gasteiger partial charge in [-0.05, 0) is 13.0 Å². The zero-order valence-electron chi connectivity index (χ0n) is 11.9. The molecule has 0 radical (unpaired) electrons. The molecule has 4 nitrogen and oxygen atoms in total. The Morgan fingerprint density at radius 2 is 2.10 bits per heavy atom. The van der Waals surface area contributed by atoms with Gasteiger partial charge < -0.3 is 4.90 Å². The maximum atomic E-state index is 9.38. The fourth-order valence-corrected chi connectivity index (χ4v) is 3.22. The van der Waals surface area contributed by atoms with Crippen molar-refractivity contribution in [1.82, 2.24) is 9.97 Å². The van der Waals surface area contributed by atoms with Gasteiger partial charge in [-0.2, -0.15) is 5.26 Å². The van der Waals surface area contributed by atoms with Crippen LogP contribution in [0.5, 0.6) is 0 Å². The van der Waals surface area contributed by atoms with E-state index >= 15 is 0 Å². The lowest BCUT2D eigenvalue weighted by atomic mass is 10.1. The molecule has 0 fully saturated rings. The third-order valence-corrected chi connectivity index (χ3v) is 4.39. The summed E-state index contributed by atoms with van der Waals surface area (Å²) >= 11 is 1.64. The molecule has 0 bridgehead atoms. The normalized spacial score (nSPS) is 10.5. The second kappa shape index (κ2) is 5.51. The summed E-state index contributed by atoms with van der Waals surface area (Å²) in [5.41, 5.74) is 5.33. The Hall–Kier alpha value is -2.45. The van der Waals surface area contributed by atoms with E-state index in [-0.39, 0.29) is 0 Å². The highest BCUT2D eigenvalue weighted by Gasteiger charge is 2.14. The third kappa shape index (κ3) is 2.46. The molecule has 0 saturated carbocycles. The molecule has 0 atom stereocenters. The van der Waals surface area contributed by atoms with E-state index in [1.54, 1.807) is 17.5 Å². The van der Waals surface area contributed by atoms with E-state index < -0.39 is 0 Å². The molecule has 104 valence electrons. The van der Waals surface area contributed by atoms with E-state index in [9.17, 15) is 5.26 Å². The van der Waals surface area contributed by atoms with Crippen LogP contribution in [-0.4, -0.2) is 17.0 Å². The van der Waals surface area contributed by atoms with Gasteiger partial charge in [0.15, 0.2) is 0 Å². The quantitative estimate of drug-likeness (QED) is 0.742. The van der Waals surface area contributed by atoms with Gasteiger partial charge >= 0.3 is 0 Å². The number of fused-ring (bicyclic) bond motifs is 1. The minimum atomic E-state index is 0.596. The van der Waals surface area contributed by atoms with Gasteiger partial charge in [0.25, 0.3) is 0 Å². The maximum Gasteiger partial charge on any atom is 0.103 e. The van der Waals surface area contributed by atoms with Gasteiger partial charge in [0.1, 0.15) is 6.07 Å². The first-order chi connectivity index (χ1) is 10.2. The van der Waals surface area contributed by atoms with Gasteiger partial charge in [-0.1, -0.05) is 18.2 Å². The summed E-state index contributed by atoms with van der Waals surface area (Å²) in [6.07, 6.45) is 1.65. The molecule has 0 N–H and O–H groups in total. The van der Waals surface area contributed by atoms with Crippen LogP contribution in [0.25, 0.3) is 10.9 Å². The van der Waals surface area contributed by atoms with Crippen molar-refractivity contribution >= 4 is 27.9 Å². The second-order valence-electron chi connectivity index (χ2n) is 4.87. The van der Waals surface area contributed by atoms with Crippen molar-refractivity contribution in [3.05, 3.63) is 52.1 Å². The van der Waals surface area contributed by atoms with Crippen molar-refractivity contribution in [3.8, 4) is 6.07 Å². The van der Waals surface area contributed by atoms with E-state index in [0.717, 1.165) is 28.8 Å². The van der Waals surface area contributed by atoms with Gasteiger partial charge in [0, 0.05) is 23.5 Å². The number of hydrogen-bond donors (Lipinski definition) is 0. The van der Waals surface area contributed by atoms with Crippen LogP contribution in [0, 0.1) is 18.3 Å². The number of aromatic nitrogens is 2. The Balaban J connectivity index is 2.10. The molecule has 0 aliphatic heterocycles. The minimum Gasteiger partial charge on any atom is -0.368 e. The average Bonchev–Trinajstić information content (AvgIpc) is 2.91. The van der Waals surface area contributed by atoms with Crippen LogP contribution in [0.1, 0.15) is 16.1 Å². The number of aryl methyl sites for hydroxylation is 1. The number of rotatable bonds is 3. The van der Waals surface area contributed by atoms with E-state index in [0.29, 0.717) is 5.56 Å². The summed E-state index contributed by atoms with van der Waals surface area (Å²) < 4.78 is 0. The highest BCUT2D eigenvalue weighted by molar-refractivity contribution is 7.09. The van der Waals surface area contributed by atoms with Crippen molar-refractivity contribution in [3.63, 3.8) is 0 Å². The highest BCUT2D eigenvalue weighted by atomic mass is 32.1. The molecule has 2 heterocycles. The summed E-state index contributed by atoms with van der Waals surface area (Å²) in [4.78, 5) is 11.9. The molecule has 21 heavy (non-hydrogen) atoms. The first-order valence-corrected chi connectivity index (χ1v) is 7.46. The second-order valence-corrected chi connectivity index (χ2v) is 5.81. The smallest absolute Gasteiger partial charge is 0.103 e. The van der Waals surface area contributed by atoms with Crippen LogP contribution < -0.4 is 4.90 Å². The molecule has 3 aromatic rings. The van der Waals surface area contributed by atoms with Crippen LogP contribution in [0.3, 0.4) is 0 Å². The lowest BCUT2D eigenvalue weighted by Gasteiger charge is -2.21. The Morgan fingerprint density at radius 3 is 2.81 bits per heavy atom. The lowest BCUT2D eigenvalue weighted by molar-refractivity contribution is 0.927. The van der Waals surface area contributed by atoms with Gasteiger partial charge in [0.05, 0.1) is 34.5 Å². The molecule has 0 spiro atoms. The highest BCUT2D eigenvalue weighted by Crippen LogP contribution is 2.30. The molecule has 0 aliphatic carbocycles. The molecule has 0 aliphatic rings. The zero-order valence-corrected chi connectivity index (χ0v) is 12.7. The number of pyridine rings is 1. The fraction of sp³-hybridized carbons (Fsp3) is 0.188. The predicted molar refractivity (Wildman–Crippen MR) is 85.4 cm³/mol. The number of nitriles is 1. The van der Waals surface area contributed by atoms with E-state index in [2.05, 4.69) is 20.9 Å². The molecular formula is C16H14N4S. The van der Waals surface area contributed by atoms with E-state index in [1.165, 1.54) is 4.88 Å². The van der Waals surface area contributed by atoms with E-state index in [1.807, 2.05) is 43.7 Å². The Kier molecular flexibility index (Phi) is 3.55. The Bertz CT molecular complexity index is 832. The Labute approximate surface area is 127 Å². The zero-order chi connectivity index (χ0) is 14.8. The summed E-state index contributed by atoms with van der Waals surface area (Å²) in [5, 5.41) is 10.4. The number of para-hydroxylation sites is 1. The van der Waals surface area contributed by atoms with Gasteiger partial charge in [-0.15, -0.1) is 11.3 Å². The standard InChI is InChI=1S/C16H14N4S/c1-11-15(21-10-19-11)9-20(2)16-12(7-17)8-18-14-6-4-3-5-13(14)16/h3-6,8,10H,9H2,1-2H3. The SMILES string of the molecule is Cc1ncsc1CN(C)c1c(C#N)cnc2ccccc12. The largest absolute Gasteiger partial charge is 0.368 e. The first-order valence-electron chi connectivity index (χ1n) is 6.58. The van der Waals surface area contributed by atoms with Crippen LogP contribution >= 0.6 is 11.3 Å². The number of anilines is 1. The third-order valence-electron chi connectivity index (χ3n) is 3.47. The van der Waals surface area contributed by atoms with Crippen LogP contribution in [0.2, 0.25) is 0 Å². The number of thiazole rings is 1. The molecule has 1 aromatic carbocycles. The molecule has 0 saturated heterocycles. The van der Waals surface area contributed by atoms with Crippen LogP contribution in [-0.2, 0) is 6.54 Å². The molecule has 3 rings (SSSR count). The predicted octanol–water partition coefficient (Wildman–Crippen LogP) is 3.51. The maximum absolute atomic E-state index is 9.38. The summed E-state index contributed by atoms with van der Waals surface area (Å²) in [6.45, 7) is 2.74. The van der Waals surface area contributed by atoms with Crippen molar-refractivity contribution < 1.29 is 0 Å². The average molecular weight is 294 g/mol. The van der Waals surface area contributed by atoms with Crippen molar-refractivity contribution in [2.45, 2.75) is 13.5 Å². The van der Waals surface area contributed by atoms with Crippen molar-refractivity contribution in [1.29, 1.82) is 5.26 Å². The fourth-order valence-electron chi connectivity index (χ4n) is 2.39. The number of benzene rings is 1. The molecule has 2 aromatic heterocycles. The van der Waals surface area contributed by atoms with Crippen LogP contribution in [0.4, 0.5) is 5.69 Å². The number of hydrogen-bond acceptors (Lipinski definition) is 5. The van der Waals surface area contributed by atoms with E-state index in [4.69, 9.17) is 0 Å². The number of nitrogens with zero attached hydrogens (tertiary/aromatic N) is 4. The first kappa shape index (κ1) is 13.5. The molecule has 0 unspecified atom stereocenters. The van der Waals surface area contributed by atoms with Gasteiger partial charge in [0.2, 0.25) is 0 Å².